The van der Waals surface area contributed by atoms with Gasteiger partial charge in [-0.2, -0.15) is 5.10 Å². The molecule has 2 aromatic rings. The van der Waals surface area contributed by atoms with Crippen molar-refractivity contribution in [2.24, 2.45) is 5.10 Å². The van der Waals surface area contributed by atoms with Crippen molar-refractivity contribution in [3.8, 4) is 0 Å². The lowest BCUT2D eigenvalue weighted by Gasteiger charge is -2.11. The van der Waals surface area contributed by atoms with Crippen molar-refractivity contribution in [2.75, 3.05) is 0 Å². The monoisotopic (exact) mass is 281 g/mol. The molecule has 0 saturated heterocycles. The smallest absolute Gasteiger partial charge is 0.267 e. The zero-order valence-corrected chi connectivity index (χ0v) is 12.8. The van der Waals surface area contributed by atoms with Crippen LogP contribution >= 0.6 is 0 Å². The molecule has 108 valence electrons. The van der Waals surface area contributed by atoms with E-state index in [0.717, 1.165) is 11.1 Å². The van der Waals surface area contributed by atoms with E-state index in [4.69, 9.17) is 0 Å². The first-order valence-electron chi connectivity index (χ1n) is 6.81. The highest BCUT2D eigenvalue weighted by molar-refractivity contribution is 5.95. The van der Waals surface area contributed by atoms with Gasteiger partial charge in [-0.15, -0.1) is 0 Å². The molecule has 1 N–H and O–H groups in total. The normalized spacial score (nSPS) is 10.9. The zero-order valence-electron chi connectivity index (χ0n) is 12.8. The number of rotatable bonds is 3. The van der Waals surface area contributed by atoms with Crippen LogP contribution in [0.5, 0.6) is 0 Å². The Morgan fingerprint density at radius 3 is 2.43 bits per heavy atom. The summed E-state index contributed by atoms with van der Waals surface area (Å²) in [4.78, 5) is 15.8. The summed E-state index contributed by atoms with van der Waals surface area (Å²) in [7, 11) is 0. The Hall–Kier alpha value is -2.49. The minimum Gasteiger partial charge on any atom is -0.267 e. The van der Waals surface area contributed by atoms with Gasteiger partial charge in [-0.05, 0) is 62.1 Å². The van der Waals surface area contributed by atoms with Crippen LogP contribution in [0.1, 0.15) is 38.2 Å². The van der Waals surface area contributed by atoms with Crippen LogP contribution < -0.4 is 5.43 Å². The largest absolute Gasteiger partial charge is 0.271 e. The van der Waals surface area contributed by atoms with Gasteiger partial charge in [-0.25, -0.2) is 5.43 Å². The van der Waals surface area contributed by atoms with Crippen molar-refractivity contribution in [2.45, 2.75) is 27.7 Å². The maximum Gasteiger partial charge on any atom is 0.271 e. The number of amides is 1. The van der Waals surface area contributed by atoms with Crippen molar-refractivity contribution < 1.29 is 4.79 Å². The first-order valence-corrected chi connectivity index (χ1v) is 6.81. The first-order chi connectivity index (χ1) is 10.0. The molecule has 21 heavy (non-hydrogen) atoms. The summed E-state index contributed by atoms with van der Waals surface area (Å²) in [5.41, 5.74) is 8.98. The number of carbonyl (C=O) groups excluding carboxylic acids is 1. The van der Waals surface area contributed by atoms with Crippen molar-refractivity contribution in [1.82, 2.24) is 10.4 Å². The van der Waals surface area contributed by atoms with Gasteiger partial charge in [-0.3, -0.25) is 9.78 Å². The summed E-state index contributed by atoms with van der Waals surface area (Å²) in [6.07, 6.45) is 4.86. The molecule has 0 aliphatic carbocycles. The highest BCUT2D eigenvalue weighted by atomic mass is 16.2. The molecule has 0 aliphatic heterocycles. The van der Waals surface area contributed by atoms with Gasteiger partial charge in [0, 0.05) is 23.5 Å². The van der Waals surface area contributed by atoms with Crippen LogP contribution in [-0.2, 0) is 0 Å². The van der Waals surface area contributed by atoms with Crippen LogP contribution in [0.3, 0.4) is 0 Å². The van der Waals surface area contributed by atoms with Crippen LogP contribution in [0.2, 0.25) is 0 Å². The van der Waals surface area contributed by atoms with E-state index in [2.05, 4.69) is 42.3 Å². The lowest BCUT2D eigenvalue weighted by molar-refractivity contribution is 0.0955. The number of hydrogen-bond acceptors (Lipinski definition) is 3. The fourth-order valence-corrected chi connectivity index (χ4v) is 2.23. The maximum absolute atomic E-state index is 11.9. The highest BCUT2D eigenvalue weighted by Crippen LogP contribution is 2.19. The number of hydrogen-bond donors (Lipinski definition) is 1. The number of aromatic nitrogens is 1. The van der Waals surface area contributed by atoms with Crippen LogP contribution in [-0.4, -0.2) is 17.1 Å². The van der Waals surface area contributed by atoms with Crippen LogP contribution in [0.4, 0.5) is 0 Å². The van der Waals surface area contributed by atoms with Gasteiger partial charge < -0.3 is 0 Å². The number of aryl methyl sites for hydroxylation is 2. The Labute approximate surface area is 124 Å². The topological polar surface area (TPSA) is 54.4 Å². The molecule has 4 heteroatoms. The summed E-state index contributed by atoms with van der Waals surface area (Å²) in [6, 6.07) is 5.43. The van der Waals surface area contributed by atoms with E-state index in [1.54, 1.807) is 30.7 Å². The van der Waals surface area contributed by atoms with Crippen molar-refractivity contribution in [1.29, 1.82) is 0 Å². The fourth-order valence-electron chi connectivity index (χ4n) is 2.23. The highest BCUT2D eigenvalue weighted by Gasteiger charge is 2.07. The van der Waals surface area contributed by atoms with Crippen molar-refractivity contribution in [3.05, 3.63) is 64.0 Å². The third-order valence-corrected chi connectivity index (χ3v) is 3.72. The molecule has 0 saturated carbocycles. The third-order valence-electron chi connectivity index (χ3n) is 3.72. The molecule has 0 atom stereocenters. The molecule has 1 amide bonds. The number of nitrogens with zero attached hydrogens (tertiary/aromatic N) is 2. The summed E-state index contributed by atoms with van der Waals surface area (Å²) in [5.74, 6) is -0.243. The number of benzene rings is 1. The second-order valence-corrected chi connectivity index (χ2v) is 5.11. The van der Waals surface area contributed by atoms with Crippen LogP contribution in [0.15, 0.2) is 35.7 Å². The Morgan fingerprint density at radius 1 is 1.10 bits per heavy atom. The van der Waals surface area contributed by atoms with Crippen molar-refractivity contribution in [3.63, 3.8) is 0 Å². The number of hydrazone groups is 1. The quantitative estimate of drug-likeness (QED) is 0.694. The fraction of sp³-hybridized carbons (Fsp3) is 0.235. The molecule has 0 radical (unpaired) electrons. The summed E-state index contributed by atoms with van der Waals surface area (Å²) in [5, 5.41) is 4.07. The molecule has 0 spiro atoms. The standard InChI is InChI=1S/C17H19N3O/c1-11-9-12(2)16(14(4)13(11)3)10-19-20-17(21)15-5-7-18-8-6-15/h5-10H,1-4H3,(H,20,21). The van der Waals surface area contributed by atoms with Gasteiger partial charge >= 0.3 is 0 Å². The molecule has 0 bridgehead atoms. The van der Waals surface area contributed by atoms with E-state index in [9.17, 15) is 4.79 Å². The molecule has 0 aliphatic rings. The Morgan fingerprint density at radius 2 is 1.76 bits per heavy atom. The average Bonchev–Trinajstić information content (AvgIpc) is 2.49. The van der Waals surface area contributed by atoms with Gasteiger partial charge in [0.25, 0.3) is 5.91 Å². The molecule has 1 aromatic carbocycles. The minimum atomic E-state index is -0.243. The number of carbonyl (C=O) groups is 1. The van der Waals surface area contributed by atoms with E-state index in [1.807, 2.05) is 6.92 Å². The number of pyridine rings is 1. The van der Waals surface area contributed by atoms with Gasteiger partial charge in [-0.1, -0.05) is 6.07 Å². The molecular weight excluding hydrogens is 262 g/mol. The molecule has 1 heterocycles. The predicted molar refractivity (Wildman–Crippen MR) is 84.7 cm³/mol. The molecule has 4 nitrogen and oxygen atoms in total. The molecule has 2 rings (SSSR count). The molecule has 0 fully saturated rings. The predicted octanol–water partition coefficient (Wildman–Crippen LogP) is 3.08. The minimum absolute atomic E-state index is 0.243. The van der Waals surface area contributed by atoms with Crippen molar-refractivity contribution >= 4 is 12.1 Å². The van der Waals surface area contributed by atoms with E-state index >= 15 is 0 Å². The third kappa shape index (κ3) is 3.34. The van der Waals surface area contributed by atoms with E-state index in [1.165, 1.54) is 16.7 Å². The molecular formula is C17H19N3O. The zero-order chi connectivity index (χ0) is 15.4. The Bertz CT molecular complexity index is 691. The Balaban J connectivity index is 2.16. The lowest BCUT2D eigenvalue weighted by Crippen LogP contribution is -2.17. The summed E-state index contributed by atoms with van der Waals surface area (Å²) < 4.78 is 0. The van der Waals surface area contributed by atoms with Gasteiger partial charge in [0.1, 0.15) is 0 Å². The van der Waals surface area contributed by atoms with Crippen LogP contribution in [0.25, 0.3) is 0 Å². The summed E-state index contributed by atoms with van der Waals surface area (Å²) in [6.45, 7) is 8.31. The molecule has 1 aromatic heterocycles. The SMILES string of the molecule is Cc1cc(C)c(C=NNC(=O)c2ccncc2)c(C)c1C. The first kappa shape index (κ1) is 14.9. The maximum atomic E-state index is 11.9. The second-order valence-electron chi connectivity index (χ2n) is 5.11. The summed E-state index contributed by atoms with van der Waals surface area (Å²) >= 11 is 0. The van der Waals surface area contributed by atoms with E-state index in [0.29, 0.717) is 5.56 Å². The number of nitrogens with one attached hydrogen (secondary N) is 1. The average molecular weight is 281 g/mol. The van der Waals surface area contributed by atoms with Gasteiger partial charge in [0.05, 0.1) is 6.21 Å². The lowest BCUT2D eigenvalue weighted by atomic mass is 9.95. The van der Waals surface area contributed by atoms with E-state index < -0.39 is 0 Å². The second kappa shape index (κ2) is 6.31. The van der Waals surface area contributed by atoms with E-state index in [-0.39, 0.29) is 5.91 Å². The molecule has 0 unspecified atom stereocenters. The Kier molecular flexibility index (Phi) is 4.48. The van der Waals surface area contributed by atoms with Gasteiger partial charge in [0.2, 0.25) is 0 Å². The van der Waals surface area contributed by atoms with Crippen LogP contribution in [0, 0.1) is 27.7 Å². The van der Waals surface area contributed by atoms with Gasteiger partial charge in [0.15, 0.2) is 0 Å².